The topological polar surface area (TPSA) is 104 Å². The number of benzene rings is 2. The molecule has 1 aromatic heterocycles. The molecule has 0 unspecified atom stereocenters. The summed E-state index contributed by atoms with van der Waals surface area (Å²) in [6.07, 6.45) is 4.26. The van der Waals surface area contributed by atoms with E-state index in [0.717, 1.165) is 11.1 Å². The molecule has 1 amide bonds. The molecule has 3 N–H and O–H groups in total. The zero-order valence-corrected chi connectivity index (χ0v) is 16.4. The van der Waals surface area contributed by atoms with Gasteiger partial charge in [-0.05, 0) is 41.5 Å². The number of rotatable bonds is 6. The molecule has 0 bridgehead atoms. The van der Waals surface area contributed by atoms with E-state index in [9.17, 15) is 13.8 Å². The number of aryl methyl sites for hydroxylation is 1. The Morgan fingerprint density at radius 3 is 2.45 bits per heavy atom. The molecular formula is C20H19FN3O4P. The van der Waals surface area contributed by atoms with Gasteiger partial charge in [-0.15, -0.1) is 0 Å². The minimum atomic E-state index is -4.13. The number of nitrogens with zero attached hydrogens (tertiary/aromatic N) is 2. The van der Waals surface area contributed by atoms with Crippen LogP contribution in [0.2, 0.25) is 0 Å². The Morgan fingerprint density at radius 2 is 1.83 bits per heavy atom. The molecule has 0 aliphatic rings. The molecule has 3 aromatic rings. The van der Waals surface area contributed by atoms with Crippen LogP contribution in [0.1, 0.15) is 11.3 Å². The number of nitrogens with one attached hydrogen (secondary N) is 1. The summed E-state index contributed by atoms with van der Waals surface area (Å²) >= 11 is 0. The summed E-state index contributed by atoms with van der Waals surface area (Å²) in [5.74, 6) is -0.708. The van der Waals surface area contributed by atoms with Crippen LogP contribution in [0, 0.1) is 5.82 Å². The first kappa shape index (κ1) is 20.7. The van der Waals surface area contributed by atoms with Crippen molar-refractivity contribution in [3.63, 3.8) is 0 Å². The highest BCUT2D eigenvalue weighted by Crippen LogP contribution is 2.39. The molecule has 29 heavy (non-hydrogen) atoms. The molecular weight excluding hydrogens is 396 g/mol. The van der Waals surface area contributed by atoms with Gasteiger partial charge in [0.2, 0.25) is 5.91 Å². The second-order valence-corrected chi connectivity index (χ2v) is 8.06. The van der Waals surface area contributed by atoms with E-state index in [-0.39, 0.29) is 17.9 Å². The van der Waals surface area contributed by atoms with Gasteiger partial charge in [-0.3, -0.25) is 14.0 Å². The molecule has 0 fully saturated rings. The summed E-state index contributed by atoms with van der Waals surface area (Å²) in [7, 11) is -2.39. The predicted molar refractivity (Wildman–Crippen MR) is 108 cm³/mol. The van der Waals surface area contributed by atoms with Crippen LogP contribution in [-0.2, 0) is 22.6 Å². The SMILES string of the molecule is Cn1ncc(-c2ccc(F)cc2)c1C=CC(=O)Nc1ccc(CP(=O)(O)O)cc1. The molecule has 1 heterocycles. The molecule has 3 rings (SSSR count). The van der Waals surface area contributed by atoms with Gasteiger partial charge in [0.25, 0.3) is 0 Å². The van der Waals surface area contributed by atoms with E-state index in [1.165, 1.54) is 18.2 Å². The summed E-state index contributed by atoms with van der Waals surface area (Å²) in [6, 6.07) is 12.2. The molecule has 0 spiro atoms. The van der Waals surface area contributed by atoms with E-state index in [4.69, 9.17) is 9.79 Å². The van der Waals surface area contributed by atoms with Crippen molar-refractivity contribution in [1.29, 1.82) is 0 Å². The van der Waals surface area contributed by atoms with Gasteiger partial charge in [-0.2, -0.15) is 5.10 Å². The first-order valence-corrected chi connectivity index (χ1v) is 10.4. The van der Waals surface area contributed by atoms with Crippen molar-refractivity contribution in [2.75, 3.05) is 5.32 Å². The normalized spacial score (nSPS) is 11.7. The quantitative estimate of drug-likeness (QED) is 0.422. The summed E-state index contributed by atoms with van der Waals surface area (Å²) in [6.45, 7) is 0. The number of halogens is 1. The number of hydrogen-bond donors (Lipinski definition) is 3. The van der Waals surface area contributed by atoms with Crippen molar-refractivity contribution in [2.45, 2.75) is 6.16 Å². The van der Waals surface area contributed by atoms with Gasteiger partial charge in [-0.1, -0.05) is 24.3 Å². The van der Waals surface area contributed by atoms with Gasteiger partial charge in [0.15, 0.2) is 0 Å². The minimum absolute atomic E-state index is 0.332. The van der Waals surface area contributed by atoms with Crippen LogP contribution in [0.25, 0.3) is 17.2 Å². The Bertz CT molecular complexity index is 1090. The first-order valence-electron chi connectivity index (χ1n) is 8.62. The van der Waals surface area contributed by atoms with Crippen LogP contribution < -0.4 is 5.32 Å². The highest BCUT2D eigenvalue weighted by molar-refractivity contribution is 7.50. The summed E-state index contributed by atoms with van der Waals surface area (Å²) in [5, 5.41) is 6.87. The van der Waals surface area contributed by atoms with Crippen molar-refractivity contribution in [1.82, 2.24) is 9.78 Å². The third-order valence-electron chi connectivity index (χ3n) is 4.14. The van der Waals surface area contributed by atoms with Gasteiger partial charge in [0, 0.05) is 24.4 Å². The zero-order valence-electron chi connectivity index (χ0n) is 15.5. The van der Waals surface area contributed by atoms with E-state index in [0.29, 0.717) is 16.9 Å². The third kappa shape index (κ3) is 5.71. The summed E-state index contributed by atoms with van der Waals surface area (Å²) in [5.41, 5.74) is 3.20. The van der Waals surface area contributed by atoms with Crippen molar-refractivity contribution in [3.8, 4) is 11.1 Å². The van der Waals surface area contributed by atoms with Crippen molar-refractivity contribution in [2.24, 2.45) is 7.05 Å². The van der Waals surface area contributed by atoms with Crippen LogP contribution in [0.4, 0.5) is 10.1 Å². The van der Waals surface area contributed by atoms with Gasteiger partial charge in [-0.25, -0.2) is 4.39 Å². The monoisotopic (exact) mass is 415 g/mol. The highest BCUT2D eigenvalue weighted by atomic mass is 31.2. The lowest BCUT2D eigenvalue weighted by atomic mass is 10.1. The number of carbonyl (C=O) groups excluding carboxylic acids is 1. The predicted octanol–water partition coefficient (Wildman–Crippen LogP) is 3.56. The fourth-order valence-electron chi connectivity index (χ4n) is 2.77. The zero-order chi connectivity index (χ0) is 21.0. The fraction of sp³-hybridized carbons (Fsp3) is 0.100. The van der Waals surface area contributed by atoms with Crippen LogP contribution >= 0.6 is 7.60 Å². The standard InChI is InChI=1S/C20H19FN3O4P/c1-24-19(18(12-22-24)15-4-6-16(21)7-5-15)10-11-20(25)23-17-8-2-14(3-9-17)13-29(26,27)28/h2-12H,13H2,1H3,(H,23,25)(H2,26,27,28). The smallest absolute Gasteiger partial charge is 0.324 e. The van der Waals surface area contributed by atoms with Crippen molar-refractivity contribution >= 4 is 25.3 Å². The number of amides is 1. The molecule has 0 aliphatic carbocycles. The maximum Gasteiger partial charge on any atom is 0.329 e. The Balaban J connectivity index is 1.71. The molecule has 0 atom stereocenters. The summed E-state index contributed by atoms with van der Waals surface area (Å²) < 4.78 is 25.8. The Morgan fingerprint density at radius 1 is 1.17 bits per heavy atom. The summed E-state index contributed by atoms with van der Waals surface area (Å²) in [4.78, 5) is 30.2. The lowest BCUT2D eigenvalue weighted by Crippen LogP contribution is -2.08. The van der Waals surface area contributed by atoms with Gasteiger partial charge >= 0.3 is 7.60 Å². The molecule has 2 aromatic carbocycles. The molecule has 150 valence electrons. The second-order valence-electron chi connectivity index (χ2n) is 6.42. The van der Waals surface area contributed by atoms with Crippen molar-refractivity contribution < 1.29 is 23.5 Å². The minimum Gasteiger partial charge on any atom is -0.324 e. The lowest BCUT2D eigenvalue weighted by Gasteiger charge is -2.06. The van der Waals surface area contributed by atoms with Crippen LogP contribution in [0.3, 0.4) is 0 Å². The van der Waals surface area contributed by atoms with E-state index in [1.807, 2.05) is 0 Å². The molecule has 7 nitrogen and oxygen atoms in total. The van der Waals surface area contributed by atoms with Crippen LogP contribution in [0.15, 0.2) is 60.8 Å². The van der Waals surface area contributed by atoms with E-state index in [2.05, 4.69) is 10.4 Å². The second kappa shape index (κ2) is 8.53. The molecule has 0 aliphatic heterocycles. The lowest BCUT2D eigenvalue weighted by molar-refractivity contribution is -0.111. The molecule has 0 saturated carbocycles. The number of carbonyl (C=O) groups is 1. The average Bonchev–Trinajstić information content (AvgIpc) is 3.02. The van der Waals surface area contributed by atoms with Gasteiger partial charge in [0.05, 0.1) is 18.1 Å². The van der Waals surface area contributed by atoms with E-state index >= 15 is 0 Å². The van der Waals surface area contributed by atoms with E-state index < -0.39 is 7.60 Å². The Hall–Kier alpha value is -3.06. The largest absolute Gasteiger partial charge is 0.329 e. The molecule has 0 saturated heterocycles. The number of anilines is 1. The first-order chi connectivity index (χ1) is 13.7. The average molecular weight is 415 g/mol. The van der Waals surface area contributed by atoms with Crippen LogP contribution in [0.5, 0.6) is 0 Å². The number of hydrogen-bond acceptors (Lipinski definition) is 3. The van der Waals surface area contributed by atoms with Gasteiger partial charge in [0.1, 0.15) is 5.82 Å². The third-order valence-corrected chi connectivity index (χ3v) is 4.92. The van der Waals surface area contributed by atoms with Gasteiger partial charge < -0.3 is 15.1 Å². The maximum atomic E-state index is 13.1. The fourth-order valence-corrected chi connectivity index (χ4v) is 3.45. The van der Waals surface area contributed by atoms with Crippen molar-refractivity contribution in [3.05, 3.63) is 77.9 Å². The molecule has 0 radical (unpaired) electrons. The number of aromatic nitrogens is 2. The van der Waals surface area contributed by atoms with E-state index in [1.54, 1.807) is 60.4 Å². The Kier molecular flexibility index (Phi) is 6.08. The Labute approximate surface area is 166 Å². The highest BCUT2D eigenvalue weighted by Gasteiger charge is 2.13. The maximum absolute atomic E-state index is 13.1. The van der Waals surface area contributed by atoms with Crippen LogP contribution in [-0.4, -0.2) is 25.5 Å². The molecule has 9 heteroatoms.